The van der Waals surface area contributed by atoms with Crippen LogP contribution in [0.2, 0.25) is 15.1 Å². The van der Waals surface area contributed by atoms with E-state index in [-0.39, 0.29) is 32.3 Å². The summed E-state index contributed by atoms with van der Waals surface area (Å²) < 4.78 is 40.8. The first kappa shape index (κ1) is 24.5. The molecule has 10 heteroatoms. The first-order chi connectivity index (χ1) is 13.4. The summed E-state index contributed by atoms with van der Waals surface area (Å²) in [7, 11) is 0. The minimum absolute atomic E-state index is 0.0764. The molecule has 0 atom stereocenters. The Bertz CT molecular complexity index is 805. The van der Waals surface area contributed by atoms with Crippen molar-refractivity contribution in [2.24, 2.45) is 11.8 Å². The predicted molar refractivity (Wildman–Crippen MR) is 117 cm³/mol. The van der Waals surface area contributed by atoms with Gasteiger partial charge in [0.25, 0.3) is 0 Å². The van der Waals surface area contributed by atoms with Gasteiger partial charge in [0.1, 0.15) is 0 Å². The summed E-state index contributed by atoms with van der Waals surface area (Å²) in [5, 5.41) is 3.64. The first-order valence-electron chi connectivity index (χ1n) is 9.07. The van der Waals surface area contributed by atoms with Crippen LogP contribution in [0.5, 0.6) is 0 Å². The number of rotatable bonds is 8. The lowest BCUT2D eigenvalue weighted by Gasteiger charge is -2.25. The van der Waals surface area contributed by atoms with Gasteiger partial charge < -0.3 is 5.32 Å². The van der Waals surface area contributed by atoms with Gasteiger partial charge in [-0.05, 0) is 24.0 Å². The second-order valence-corrected chi connectivity index (χ2v) is 9.97. The normalized spacial score (nSPS) is 12.4. The summed E-state index contributed by atoms with van der Waals surface area (Å²) in [4.78, 5) is 5.99. The molecule has 29 heavy (non-hydrogen) atoms. The van der Waals surface area contributed by atoms with E-state index in [9.17, 15) is 13.2 Å². The van der Waals surface area contributed by atoms with Crippen molar-refractivity contribution in [3.63, 3.8) is 0 Å². The molecule has 0 bridgehead atoms. The average Bonchev–Trinajstić information content (AvgIpc) is 2.92. The molecule has 0 radical (unpaired) electrons. The third kappa shape index (κ3) is 7.17. The molecule has 0 unspecified atom stereocenters. The monoisotopic (exact) mass is 487 g/mol. The zero-order chi connectivity index (χ0) is 21.9. The highest BCUT2D eigenvalue weighted by atomic mass is 35.5. The van der Waals surface area contributed by atoms with E-state index in [1.807, 2.05) is 32.6 Å². The zero-order valence-electron chi connectivity index (χ0n) is 16.5. The van der Waals surface area contributed by atoms with E-state index in [4.69, 9.17) is 34.8 Å². The van der Waals surface area contributed by atoms with E-state index in [0.717, 1.165) is 11.3 Å². The van der Waals surface area contributed by atoms with Crippen LogP contribution in [0.15, 0.2) is 12.1 Å². The average molecular weight is 489 g/mol. The predicted octanol–water partition coefficient (Wildman–Crippen LogP) is 7.98. The molecule has 0 saturated heterocycles. The number of nitrogens with one attached hydrogen (secondary N) is 1. The molecule has 0 amide bonds. The number of benzene rings is 1. The summed E-state index contributed by atoms with van der Waals surface area (Å²) in [6, 6.07) is 2.92. The second kappa shape index (κ2) is 10.1. The van der Waals surface area contributed by atoms with Crippen molar-refractivity contribution in [1.82, 2.24) is 9.88 Å². The Kier molecular flexibility index (Phi) is 8.51. The van der Waals surface area contributed by atoms with Gasteiger partial charge in [0.2, 0.25) is 0 Å². The number of nitrogens with zero attached hydrogens (tertiary/aromatic N) is 2. The molecule has 0 fully saturated rings. The fourth-order valence-electron chi connectivity index (χ4n) is 2.94. The van der Waals surface area contributed by atoms with Crippen molar-refractivity contribution in [1.29, 1.82) is 0 Å². The van der Waals surface area contributed by atoms with E-state index < -0.39 is 11.9 Å². The number of halogens is 6. The molecule has 0 spiro atoms. The number of hydrogen-bond donors (Lipinski definition) is 1. The number of anilines is 2. The number of thiazole rings is 1. The van der Waals surface area contributed by atoms with Gasteiger partial charge in [0, 0.05) is 24.7 Å². The maximum absolute atomic E-state index is 13.6. The number of aromatic nitrogens is 1. The molecule has 3 nitrogen and oxygen atoms in total. The van der Waals surface area contributed by atoms with Gasteiger partial charge in [-0.15, -0.1) is 0 Å². The van der Waals surface area contributed by atoms with Crippen LogP contribution in [0.4, 0.5) is 24.0 Å². The lowest BCUT2D eigenvalue weighted by atomic mass is 10.1. The smallest absolute Gasteiger partial charge is 0.329 e. The highest BCUT2D eigenvalue weighted by Gasteiger charge is 2.38. The molecule has 1 heterocycles. The SMILES string of the molecule is CC(C)CN(Cc1sc(Nc2c(Cl)cc(Cl)cc2Cl)nc1C(F)(F)F)CC(C)C. The standard InChI is InChI=1S/C19H23Cl3F3N3S/c1-10(2)7-28(8-11(3)4)9-15-17(19(23,24)25)27-18(29-15)26-16-13(21)5-12(20)6-14(16)22/h5-6,10-11H,7-9H2,1-4H3,(H,26,27). The third-order valence-electron chi connectivity index (χ3n) is 3.82. The second-order valence-electron chi connectivity index (χ2n) is 7.64. The summed E-state index contributed by atoms with van der Waals surface area (Å²) >= 11 is 19.1. The van der Waals surface area contributed by atoms with Crippen molar-refractivity contribution in [3.8, 4) is 0 Å². The van der Waals surface area contributed by atoms with Crippen molar-refractivity contribution in [2.75, 3.05) is 18.4 Å². The summed E-state index contributed by atoms with van der Waals surface area (Å²) in [6.07, 6.45) is -4.55. The van der Waals surface area contributed by atoms with Gasteiger partial charge in [0.15, 0.2) is 10.8 Å². The van der Waals surface area contributed by atoms with E-state index in [1.54, 1.807) is 0 Å². The maximum Gasteiger partial charge on any atom is 0.434 e. The van der Waals surface area contributed by atoms with Gasteiger partial charge in [-0.25, -0.2) is 4.98 Å². The van der Waals surface area contributed by atoms with Crippen LogP contribution in [-0.2, 0) is 12.7 Å². The fourth-order valence-corrected chi connectivity index (χ4v) is 4.88. The molecule has 1 aromatic heterocycles. The van der Waals surface area contributed by atoms with Crippen LogP contribution in [0.3, 0.4) is 0 Å². The molecule has 2 rings (SSSR count). The summed E-state index contributed by atoms with van der Waals surface area (Å²) in [5.74, 6) is 0.667. The highest BCUT2D eigenvalue weighted by molar-refractivity contribution is 7.15. The Balaban J connectivity index is 2.37. The quantitative estimate of drug-likeness (QED) is 0.408. The van der Waals surface area contributed by atoms with Gasteiger partial charge in [-0.3, -0.25) is 4.90 Å². The molecular formula is C19H23Cl3F3N3S. The van der Waals surface area contributed by atoms with Crippen LogP contribution < -0.4 is 5.32 Å². The minimum atomic E-state index is -4.55. The van der Waals surface area contributed by atoms with Gasteiger partial charge in [-0.1, -0.05) is 73.8 Å². The number of hydrogen-bond acceptors (Lipinski definition) is 4. The van der Waals surface area contributed by atoms with Crippen LogP contribution in [0, 0.1) is 11.8 Å². The Labute approximate surface area is 188 Å². The van der Waals surface area contributed by atoms with Crippen molar-refractivity contribution >= 4 is 57.0 Å². The van der Waals surface area contributed by atoms with Gasteiger partial charge >= 0.3 is 6.18 Å². The zero-order valence-corrected chi connectivity index (χ0v) is 19.6. The van der Waals surface area contributed by atoms with Crippen LogP contribution in [0.25, 0.3) is 0 Å². The van der Waals surface area contributed by atoms with Crippen molar-refractivity contribution < 1.29 is 13.2 Å². The molecule has 1 aromatic carbocycles. The maximum atomic E-state index is 13.6. The highest BCUT2D eigenvalue weighted by Crippen LogP contribution is 2.40. The minimum Gasteiger partial charge on any atom is -0.329 e. The number of alkyl halides is 3. The molecule has 2 aromatic rings. The lowest BCUT2D eigenvalue weighted by molar-refractivity contribution is -0.141. The largest absolute Gasteiger partial charge is 0.434 e. The Morgan fingerprint density at radius 3 is 2.00 bits per heavy atom. The topological polar surface area (TPSA) is 28.2 Å². The summed E-state index contributed by atoms with van der Waals surface area (Å²) in [5.41, 5.74) is -0.614. The van der Waals surface area contributed by atoms with E-state index >= 15 is 0 Å². The fraction of sp³-hybridized carbons (Fsp3) is 0.526. The molecular weight excluding hydrogens is 466 g/mol. The molecule has 0 aliphatic rings. The van der Waals surface area contributed by atoms with Gasteiger partial charge in [0.05, 0.1) is 20.6 Å². The molecule has 162 valence electrons. The molecule has 0 saturated carbocycles. The first-order valence-corrected chi connectivity index (χ1v) is 11.0. The van der Waals surface area contributed by atoms with Crippen LogP contribution in [0.1, 0.15) is 38.3 Å². The van der Waals surface area contributed by atoms with E-state index in [1.165, 1.54) is 12.1 Å². The Hall–Kier alpha value is -0.730. The molecule has 0 aliphatic carbocycles. The summed E-state index contributed by atoms with van der Waals surface area (Å²) in [6.45, 7) is 9.75. The molecule has 0 aliphatic heterocycles. The van der Waals surface area contributed by atoms with Crippen molar-refractivity contribution in [3.05, 3.63) is 37.8 Å². The van der Waals surface area contributed by atoms with Crippen LogP contribution >= 0.6 is 46.1 Å². The Morgan fingerprint density at radius 2 is 1.55 bits per heavy atom. The van der Waals surface area contributed by atoms with Gasteiger partial charge in [-0.2, -0.15) is 13.2 Å². The van der Waals surface area contributed by atoms with E-state index in [2.05, 4.69) is 10.3 Å². The van der Waals surface area contributed by atoms with Crippen molar-refractivity contribution in [2.45, 2.75) is 40.4 Å². The molecule has 1 N–H and O–H groups in total. The Morgan fingerprint density at radius 1 is 1.03 bits per heavy atom. The third-order valence-corrected chi connectivity index (χ3v) is 5.59. The van der Waals surface area contributed by atoms with Crippen LogP contribution in [-0.4, -0.2) is 23.0 Å². The van der Waals surface area contributed by atoms with E-state index in [0.29, 0.717) is 29.9 Å². The lowest BCUT2D eigenvalue weighted by Crippen LogP contribution is -2.31.